The van der Waals surface area contributed by atoms with Gasteiger partial charge in [0, 0.05) is 21.8 Å². The van der Waals surface area contributed by atoms with E-state index in [0.717, 1.165) is 5.56 Å². The lowest BCUT2D eigenvalue weighted by molar-refractivity contribution is 0.481. The fraction of sp³-hybridized carbons (Fsp3) is 0.0370. The van der Waals surface area contributed by atoms with Crippen LogP contribution in [0.3, 0.4) is 0 Å². The molecule has 13 heteroatoms. The van der Waals surface area contributed by atoms with E-state index in [4.69, 9.17) is 5.73 Å². The third kappa shape index (κ3) is 5.58. The van der Waals surface area contributed by atoms with Crippen LogP contribution >= 0.6 is 0 Å². The molecule has 0 saturated heterocycles. The van der Waals surface area contributed by atoms with E-state index >= 15 is 0 Å². The van der Waals surface area contributed by atoms with E-state index < -0.39 is 20.2 Å². The molecule has 0 aliphatic carbocycles. The largest absolute Gasteiger partial charge is 0.399 e. The Hall–Kier alpha value is -4.56. The number of nitrogens with zero attached hydrogens (tertiary/aromatic N) is 4. The van der Waals surface area contributed by atoms with Crippen LogP contribution in [0, 0.1) is 6.92 Å². The Morgan fingerprint density at radius 2 is 1.30 bits per heavy atom. The second kappa shape index (κ2) is 10.2. The van der Waals surface area contributed by atoms with Crippen LogP contribution in [0.2, 0.25) is 0 Å². The van der Waals surface area contributed by atoms with Gasteiger partial charge >= 0.3 is 0 Å². The maximum absolute atomic E-state index is 11.8. The van der Waals surface area contributed by atoms with Crippen molar-refractivity contribution >= 4 is 70.2 Å². The average Bonchev–Trinajstić information content (AvgIpc) is 2.90. The molecule has 5 aromatic carbocycles. The van der Waals surface area contributed by atoms with Crippen molar-refractivity contribution in [3.05, 3.63) is 90.5 Å². The third-order valence-corrected chi connectivity index (χ3v) is 7.86. The lowest BCUT2D eigenvalue weighted by Crippen LogP contribution is -1.98. The standard InChI is InChI=1S/C27H21N5O6S2/c1-16-13-18(28)6-10-24(16)30-32-25-11-12-26(23-15-20(39(33,34)35)8-9-21(23)25)31-29-19-7-5-17-3-2-4-27(22(17)14-19)40(36,37)38/h2-15H,28H2,1H3,(H,33,34,35)(H,36,37,38). The minimum Gasteiger partial charge on any atom is -0.399 e. The fourth-order valence-electron chi connectivity index (χ4n) is 4.16. The Morgan fingerprint density at radius 1 is 0.625 bits per heavy atom. The Bertz CT molecular complexity index is 2090. The zero-order chi connectivity index (χ0) is 28.7. The zero-order valence-electron chi connectivity index (χ0n) is 20.8. The van der Waals surface area contributed by atoms with E-state index in [-0.39, 0.29) is 26.6 Å². The van der Waals surface area contributed by atoms with Crippen LogP contribution in [-0.4, -0.2) is 25.9 Å². The van der Waals surface area contributed by atoms with E-state index in [2.05, 4.69) is 20.5 Å². The lowest BCUT2D eigenvalue weighted by Gasteiger charge is -2.07. The van der Waals surface area contributed by atoms with E-state index in [1.165, 1.54) is 36.4 Å². The number of hydrogen-bond acceptors (Lipinski definition) is 9. The molecular weight excluding hydrogens is 554 g/mol. The van der Waals surface area contributed by atoms with E-state index in [1.54, 1.807) is 48.5 Å². The van der Waals surface area contributed by atoms with Crippen LogP contribution in [0.5, 0.6) is 0 Å². The molecule has 0 aliphatic rings. The van der Waals surface area contributed by atoms with Crippen LogP contribution in [0.15, 0.2) is 115 Å². The number of azo groups is 2. The number of hydrogen-bond donors (Lipinski definition) is 3. The molecule has 0 spiro atoms. The van der Waals surface area contributed by atoms with Gasteiger partial charge < -0.3 is 5.73 Å². The number of rotatable bonds is 6. The van der Waals surface area contributed by atoms with Gasteiger partial charge in [0.05, 0.1) is 27.6 Å². The summed E-state index contributed by atoms with van der Waals surface area (Å²) in [7, 11) is -8.99. The van der Waals surface area contributed by atoms with Crippen molar-refractivity contribution in [2.45, 2.75) is 16.7 Å². The van der Waals surface area contributed by atoms with Crippen molar-refractivity contribution in [3.63, 3.8) is 0 Å². The summed E-state index contributed by atoms with van der Waals surface area (Å²) in [6, 6.07) is 21.6. The van der Waals surface area contributed by atoms with Gasteiger partial charge in [-0.25, -0.2) is 0 Å². The summed E-state index contributed by atoms with van der Waals surface area (Å²) < 4.78 is 66.5. The van der Waals surface area contributed by atoms with Gasteiger partial charge in [0.1, 0.15) is 4.90 Å². The minimum absolute atomic E-state index is 0.256. The molecule has 5 rings (SSSR count). The Balaban J connectivity index is 1.61. The van der Waals surface area contributed by atoms with Crippen molar-refractivity contribution in [2.75, 3.05) is 5.73 Å². The summed E-state index contributed by atoms with van der Waals surface area (Å²) >= 11 is 0. The number of benzene rings is 5. The Morgan fingerprint density at radius 3 is 2.00 bits per heavy atom. The fourth-order valence-corrected chi connectivity index (χ4v) is 5.37. The van der Waals surface area contributed by atoms with Gasteiger partial charge in [-0.05, 0) is 78.5 Å². The SMILES string of the molecule is Cc1cc(N)ccc1N=Nc1ccc(N=Nc2ccc3cccc(S(=O)(=O)O)c3c2)c2cc(S(=O)(=O)O)ccc12. The zero-order valence-corrected chi connectivity index (χ0v) is 22.4. The molecule has 4 N–H and O–H groups in total. The molecule has 0 unspecified atom stereocenters. The Labute approximate surface area is 229 Å². The van der Waals surface area contributed by atoms with E-state index in [1.807, 2.05) is 6.92 Å². The van der Waals surface area contributed by atoms with Crippen LogP contribution in [0.4, 0.5) is 28.4 Å². The van der Waals surface area contributed by atoms with Gasteiger partial charge in [-0.15, -0.1) is 10.2 Å². The summed E-state index contributed by atoms with van der Waals surface area (Å²) in [5, 5.41) is 18.7. The van der Waals surface area contributed by atoms with E-state index in [0.29, 0.717) is 33.2 Å². The highest BCUT2D eigenvalue weighted by atomic mass is 32.2. The molecule has 5 aromatic rings. The monoisotopic (exact) mass is 575 g/mol. The highest BCUT2D eigenvalue weighted by molar-refractivity contribution is 7.86. The minimum atomic E-state index is -4.52. The summed E-state index contributed by atoms with van der Waals surface area (Å²) in [6.45, 7) is 1.84. The first-order valence-electron chi connectivity index (χ1n) is 11.6. The van der Waals surface area contributed by atoms with Crippen LogP contribution in [-0.2, 0) is 20.2 Å². The first-order chi connectivity index (χ1) is 18.9. The third-order valence-electron chi connectivity index (χ3n) is 6.10. The van der Waals surface area contributed by atoms with Crippen molar-refractivity contribution in [1.29, 1.82) is 0 Å². The topological polar surface area (TPSA) is 184 Å². The first kappa shape index (κ1) is 27.0. The molecule has 11 nitrogen and oxygen atoms in total. The molecule has 0 bridgehead atoms. The highest BCUT2D eigenvalue weighted by Gasteiger charge is 2.15. The smallest absolute Gasteiger partial charge is 0.295 e. The van der Waals surface area contributed by atoms with Crippen LogP contribution in [0.1, 0.15) is 5.56 Å². The second-order valence-electron chi connectivity index (χ2n) is 8.87. The average molecular weight is 576 g/mol. The maximum Gasteiger partial charge on any atom is 0.295 e. The number of anilines is 1. The predicted molar refractivity (Wildman–Crippen MR) is 151 cm³/mol. The van der Waals surface area contributed by atoms with Crippen LogP contribution < -0.4 is 5.73 Å². The molecule has 40 heavy (non-hydrogen) atoms. The number of fused-ring (bicyclic) bond motifs is 2. The van der Waals surface area contributed by atoms with Gasteiger partial charge in [-0.1, -0.05) is 24.3 Å². The molecule has 0 heterocycles. The second-order valence-corrected chi connectivity index (χ2v) is 11.7. The van der Waals surface area contributed by atoms with Crippen molar-refractivity contribution in [2.24, 2.45) is 20.5 Å². The van der Waals surface area contributed by atoms with Crippen molar-refractivity contribution in [3.8, 4) is 0 Å². The van der Waals surface area contributed by atoms with E-state index in [9.17, 15) is 25.9 Å². The van der Waals surface area contributed by atoms with Crippen molar-refractivity contribution in [1.82, 2.24) is 0 Å². The van der Waals surface area contributed by atoms with Gasteiger partial charge in [0.15, 0.2) is 0 Å². The number of aryl methyl sites for hydroxylation is 1. The number of nitrogens with two attached hydrogens (primary N) is 1. The lowest BCUT2D eigenvalue weighted by atomic mass is 10.1. The van der Waals surface area contributed by atoms with Gasteiger partial charge in [-0.2, -0.15) is 27.1 Å². The molecular formula is C27H21N5O6S2. The molecule has 0 saturated carbocycles. The molecule has 0 radical (unpaired) electrons. The predicted octanol–water partition coefficient (Wildman–Crippen LogP) is 7.21. The van der Waals surface area contributed by atoms with Gasteiger partial charge in [0.25, 0.3) is 20.2 Å². The quantitative estimate of drug-likeness (QED) is 0.108. The van der Waals surface area contributed by atoms with Crippen molar-refractivity contribution < 1.29 is 25.9 Å². The van der Waals surface area contributed by atoms with Crippen LogP contribution in [0.25, 0.3) is 21.5 Å². The first-order valence-corrected chi connectivity index (χ1v) is 14.5. The summed E-state index contributed by atoms with van der Waals surface area (Å²) in [5.74, 6) is 0. The molecule has 0 aliphatic heterocycles. The molecule has 202 valence electrons. The van der Waals surface area contributed by atoms with Gasteiger partial charge in [0.2, 0.25) is 0 Å². The van der Waals surface area contributed by atoms with Gasteiger partial charge in [-0.3, -0.25) is 9.11 Å². The summed E-state index contributed by atoms with van der Waals surface area (Å²) in [4.78, 5) is -0.611. The summed E-state index contributed by atoms with van der Waals surface area (Å²) in [5.41, 5.74) is 8.76. The highest BCUT2D eigenvalue weighted by Crippen LogP contribution is 2.37. The summed E-state index contributed by atoms with van der Waals surface area (Å²) in [6.07, 6.45) is 0. The molecule has 0 atom stereocenters. The molecule has 0 fully saturated rings. The normalized spacial score (nSPS) is 12.7. The molecule has 0 amide bonds. The molecule has 0 aromatic heterocycles. The maximum atomic E-state index is 11.8. The number of nitrogen functional groups attached to an aromatic ring is 1. The Kier molecular flexibility index (Phi) is 6.89.